The molecule has 1 aromatic heterocycles. The highest BCUT2D eigenvalue weighted by Gasteiger charge is 2.54. The van der Waals surface area contributed by atoms with E-state index in [1.54, 1.807) is 6.26 Å². The van der Waals surface area contributed by atoms with Crippen LogP contribution in [0.4, 0.5) is 0 Å². The number of rotatable bonds is 7. The molecule has 5 rings (SSSR count). The van der Waals surface area contributed by atoms with Gasteiger partial charge in [-0.05, 0) is 92.1 Å². The highest BCUT2D eigenvalue weighted by atomic mass is 16.3. The lowest BCUT2D eigenvalue weighted by molar-refractivity contribution is 0.0862. The third-order valence-corrected chi connectivity index (χ3v) is 10.2. The molecule has 0 amide bonds. The van der Waals surface area contributed by atoms with Crippen molar-refractivity contribution >= 4 is 0 Å². The fourth-order valence-corrected chi connectivity index (χ4v) is 7.68. The molecule has 0 saturated heterocycles. The molecule has 202 valence electrons. The van der Waals surface area contributed by atoms with Gasteiger partial charge in [0.15, 0.2) is 0 Å². The molecule has 4 fully saturated rings. The van der Waals surface area contributed by atoms with Crippen molar-refractivity contribution in [3.63, 3.8) is 0 Å². The van der Waals surface area contributed by atoms with Gasteiger partial charge in [0, 0.05) is 6.42 Å². The highest BCUT2D eigenvalue weighted by molar-refractivity contribution is 5.38. The fourth-order valence-electron chi connectivity index (χ4n) is 7.68. The van der Waals surface area contributed by atoms with Gasteiger partial charge < -0.3 is 19.7 Å². The van der Waals surface area contributed by atoms with Crippen LogP contribution in [0, 0.1) is 23.2 Å². The maximum atomic E-state index is 11.1. The van der Waals surface area contributed by atoms with Crippen molar-refractivity contribution < 1.29 is 19.7 Å². The predicted octanol–water partition coefficient (Wildman–Crippen LogP) is 5.96. The van der Waals surface area contributed by atoms with Crippen LogP contribution in [0.1, 0.15) is 90.1 Å². The largest absolute Gasteiger partial charge is 0.448 e. The van der Waals surface area contributed by atoms with Crippen molar-refractivity contribution in [2.45, 2.75) is 109 Å². The molecule has 7 atom stereocenters. The predicted molar refractivity (Wildman–Crippen MR) is 146 cm³/mol. The van der Waals surface area contributed by atoms with Crippen LogP contribution in [0.3, 0.4) is 0 Å². The summed E-state index contributed by atoms with van der Waals surface area (Å²) in [6.45, 7) is 10.9. The molecule has 3 N–H and O–H groups in total. The lowest BCUT2D eigenvalue weighted by Gasteiger charge is -2.44. The van der Waals surface area contributed by atoms with Gasteiger partial charge in [-0.2, -0.15) is 0 Å². The molecule has 1 aromatic rings. The van der Waals surface area contributed by atoms with Crippen LogP contribution in [0.25, 0.3) is 0 Å². The van der Waals surface area contributed by atoms with E-state index in [-0.39, 0.29) is 10.8 Å². The zero-order chi connectivity index (χ0) is 26.4. The van der Waals surface area contributed by atoms with Gasteiger partial charge >= 0.3 is 0 Å². The van der Waals surface area contributed by atoms with Crippen LogP contribution >= 0.6 is 0 Å². The number of aliphatic hydroxyl groups is 3. The monoisotopic (exact) mass is 507 g/mol. The molecule has 1 heterocycles. The maximum absolute atomic E-state index is 11.1. The van der Waals surface area contributed by atoms with Crippen LogP contribution in [-0.2, 0) is 11.8 Å². The molecule has 5 nitrogen and oxygen atoms in total. The second-order valence-electron chi connectivity index (χ2n) is 12.5. The Bertz CT molecular complexity index is 1090. The Labute approximate surface area is 222 Å². The second-order valence-corrected chi connectivity index (χ2v) is 12.5. The fraction of sp³-hybridized carbons (Fsp3) is 0.656. The summed E-state index contributed by atoms with van der Waals surface area (Å²) in [5, 5.41) is 31.4. The minimum absolute atomic E-state index is 0.246. The zero-order valence-corrected chi connectivity index (χ0v) is 22.8. The van der Waals surface area contributed by atoms with Gasteiger partial charge in [0.25, 0.3) is 0 Å². The molecular formula is C32H45NO4. The molecule has 0 unspecified atom stereocenters. The van der Waals surface area contributed by atoms with Crippen molar-refractivity contribution in [2.75, 3.05) is 0 Å². The first-order chi connectivity index (χ1) is 17.7. The summed E-state index contributed by atoms with van der Waals surface area (Å²) < 4.78 is 5.75. The van der Waals surface area contributed by atoms with E-state index in [1.807, 2.05) is 6.08 Å². The number of hydrogen-bond acceptors (Lipinski definition) is 5. The number of aromatic nitrogens is 1. The first-order valence-electron chi connectivity index (χ1n) is 14.4. The molecule has 0 radical (unpaired) electrons. The number of allylic oxidation sites excluding steroid dienone is 4. The van der Waals surface area contributed by atoms with E-state index in [1.165, 1.54) is 31.3 Å². The van der Waals surface area contributed by atoms with Crippen molar-refractivity contribution in [2.24, 2.45) is 23.2 Å². The third kappa shape index (κ3) is 4.95. The van der Waals surface area contributed by atoms with Crippen molar-refractivity contribution in [3.05, 3.63) is 65.5 Å². The van der Waals surface area contributed by atoms with Crippen LogP contribution in [0.2, 0.25) is 0 Å². The van der Waals surface area contributed by atoms with E-state index in [9.17, 15) is 15.3 Å². The Balaban J connectivity index is 1.28. The summed E-state index contributed by atoms with van der Waals surface area (Å²) >= 11 is 0. The average Bonchev–Trinajstić information content (AvgIpc) is 3.39. The lowest BCUT2D eigenvalue weighted by atomic mass is 9.61. The van der Waals surface area contributed by atoms with E-state index >= 15 is 0 Å². The molecule has 0 spiro atoms. The molecule has 37 heavy (non-hydrogen) atoms. The Morgan fingerprint density at radius 2 is 1.97 bits per heavy atom. The van der Waals surface area contributed by atoms with Gasteiger partial charge in [-0.1, -0.05) is 57.2 Å². The molecule has 0 aliphatic heterocycles. The maximum Gasteiger partial charge on any atom is 0.203 e. The first kappa shape index (κ1) is 26.6. The van der Waals surface area contributed by atoms with E-state index in [4.69, 9.17) is 4.42 Å². The molecule has 4 aliphatic rings. The summed E-state index contributed by atoms with van der Waals surface area (Å²) in [4.78, 5) is 4.62. The normalized spacial score (nSPS) is 37.3. The Morgan fingerprint density at radius 3 is 2.68 bits per heavy atom. The van der Waals surface area contributed by atoms with Crippen molar-refractivity contribution in [1.29, 1.82) is 0 Å². The molecule has 4 aliphatic carbocycles. The van der Waals surface area contributed by atoms with E-state index < -0.39 is 18.3 Å². The Morgan fingerprint density at radius 1 is 1.19 bits per heavy atom. The molecule has 0 bridgehead atoms. The number of aryl methyl sites for hydroxylation is 1. The first-order valence-corrected chi connectivity index (χ1v) is 14.4. The average molecular weight is 508 g/mol. The number of hydrogen-bond donors (Lipinski definition) is 3. The van der Waals surface area contributed by atoms with Gasteiger partial charge in [0.2, 0.25) is 5.89 Å². The van der Waals surface area contributed by atoms with Gasteiger partial charge in [-0.15, -0.1) is 0 Å². The SMILES string of the molecule is C=C1C(=CC=C2CCC[C@]3(C)[C@@H]([C@@H](C)C=C[C@@H](O)C4(c5nc(CC)co5)CC4)CC[C@@H]23)C[C@@H](O)C[C@@H]1O. The van der Waals surface area contributed by atoms with Crippen molar-refractivity contribution in [3.8, 4) is 0 Å². The highest BCUT2D eigenvalue weighted by Crippen LogP contribution is 2.60. The smallest absolute Gasteiger partial charge is 0.203 e. The van der Waals surface area contributed by atoms with Gasteiger partial charge in [0.1, 0.15) is 6.26 Å². The standard InChI is InChI=1S/C32H45NO4/c1-5-24-19-37-30(33-24)32(15-16-32)29(36)13-8-20(2)26-11-12-27-22(7-6-14-31(26,27)4)9-10-23-17-25(34)18-28(35)21(23)3/h8-10,13,19-20,25-29,34-36H,3,5-7,11-12,14-18H2,1-2,4H3/t20-,25+,26+,27-,28-,29+,31+/m0/s1. The Kier molecular flexibility index (Phi) is 7.43. The summed E-state index contributed by atoms with van der Waals surface area (Å²) in [5.74, 6) is 2.22. The molecular weight excluding hydrogens is 462 g/mol. The van der Waals surface area contributed by atoms with Crippen LogP contribution in [0.15, 0.2) is 58.3 Å². The van der Waals surface area contributed by atoms with Gasteiger partial charge in [-0.25, -0.2) is 4.98 Å². The Hall–Kier alpha value is -1.95. The third-order valence-electron chi connectivity index (χ3n) is 10.2. The van der Waals surface area contributed by atoms with E-state index in [2.05, 4.69) is 50.6 Å². The second kappa shape index (κ2) is 10.3. The molecule has 5 heteroatoms. The van der Waals surface area contributed by atoms with Gasteiger partial charge in [-0.3, -0.25) is 0 Å². The minimum Gasteiger partial charge on any atom is -0.448 e. The van der Waals surface area contributed by atoms with E-state index in [0.29, 0.717) is 36.5 Å². The number of oxazole rings is 1. The number of aliphatic hydroxyl groups excluding tert-OH is 3. The molecule has 0 aromatic carbocycles. The number of fused-ring (bicyclic) bond motifs is 1. The van der Waals surface area contributed by atoms with Crippen LogP contribution < -0.4 is 0 Å². The van der Waals surface area contributed by atoms with Crippen LogP contribution in [-0.4, -0.2) is 38.6 Å². The number of nitrogens with zero attached hydrogens (tertiary/aromatic N) is 1. The van der Waals surface area contributed by atoms with Crippen molar-refractivity contribution in [1.82, 2.24) is 4.98 Å². The zero-order valence-electron chi connectivity index (χ0n) is 22.8. The van der Waals surface area contributed by atoms with Crippen LogP contribution in [0.5, 0.6) is 0 Å². The summed E-state index contributed by atoms with van der Waals surface area (Å²) in [6.07, 6.45) is 18.3. The van der Waals surface area contributed by atoms with E-state index in [0.717, 1.165) is 42.5 Å². The quantitative estimate of drug-likeness (QED) is 0.396. The minimum atomic E-state index is -0.643. The summed E-state index contributed by atoms with van der Waals surface area (Å²) in [6, 6.07) is 0. The topological polar surface area (TPSA) is 86.7 Å². The lowest BCUT2D eigenvalue weighted by Crippen LogP contribution is -2.35. The molecule has 4 saturated carbocycles. The summed E-state index contributed by atoms with van der Waals surface area (Å²) in [7, 11) is 0. The van der Waals surface area contributed by atoms with Gasteiger partial charge in [0.05, 0.1) is 29.4 Å². The summed E-state index contributed by atoms with van der Waals surface area (Å²) in [5.41, 5.74) is 4.10.